The molecule has 2 aromatic carbocycles. The van der Waals surface area contributed by atoms with Crippen LogP contribution in [0.25, 0.3) is 10.9 Å². The van der Waals surface area contributed by atoms with Gasteiger partial charge in [-0.2, -0.15) is 13.5 Å². The van der Waals surface area contributed by atoms with Gasteiger partial charge in [-0.05, 0) is 30.3 Å². The minimum atomic E-state index is -3.82. The molecule has 0 saturated heterocycles. The predicted molar refractivity (Wildman–Crippen MR) is 87.2 cm³/mol. The molecular weight excluding hydrogens is 317 g/mol. The Morgan fingerprint density at radius 2 is 1.83 bits per heavy atom. The predicted octanol–water partition coefficient (Wildman–Crippen LogP) is 2.63. The lowest BCUT2D eigenvalue weighted by Gasteiger charge is -2.02. The van der Waals surface area contributed by atoms with Crippen LogP contribution in [0.4, 0.5) is 4.39 Å². The summed E-state index contributed by atoms with van der Waals surface area (Å²) in [6, 6.07) is 12.3. The fourth-order valence-corrected chi connectivity index (χ4v) is 3.10. The van der Waals surface area contributed by atoms with Gasteiger partial charge in [0.2, 0.25) is 0 Å². The maximum absolute atomic E-state index is 12.9. The summed E-state index contributed by atoms with van der Waals surface area (Å²) >= 11 is 0. The smallest absolute Gasteiger partial charge is 0.276 e. The van der Waals surface area contributed by atoms with Gasteiger partial charge in [0.25, 0.3) is 10.0 Å². The van der Waals surface area contributed by atoms with E-state index in [1.54, 1.807) is 0 Å². The molecule has 1 aromatic heterocycles. The molecule has 0 saturated carbocycles. The highest BCUT2D eigenvalue weighted by Gasteiger charge is 2.12. The van der Waals surface area contributed by atoms with Crippen LogP contribution in [0.3, 0.4) is 0 Å². The number of halogens is 1. The van der Waals surface area contributed by atoms with Gasteiger partial charge in [0.15, 0.2) is 0 Å². The maximum Gasteiger partial charge on any atom is 0.276 e. The molecule has 3 rings (SSSR count). The van der Waals surface area contributed by atoms with E-state index in [0.717, 1.165) is 28.6 Å². The number of hydrogen-bond donors (Lipinski definition) is 1. The van der Waals surface area contributed by atoms with Gasteiger partial charge in [0, 0.05) is 29.7 Å². The van der Waals surface area contributed by atoms with E-state index >= 15 is 0 Å². The molecule has 5 nitrogen and oxygen atoms in total. The van der Waals surface area contributed by atoms with E-state index in [4.69, 9.17) is 0 Å². The Labute approximate surface area is 133 Å². The monoisotopic (exact) mass is 331 g/mol. The van der Waals surface area contributed by atoms with Gasteiger partial charge >= 0.3 is 0 Å². The Balaban J connectivity index is 1.84. The summed E-state index contributed by atoms with van der Waals surface area (Å²) in [5.41, 5.74) is 1.82. The molecular formula is C16H14FN3O2S. The third-order valence-electron chi connectivity index (χ3n) is 3.43. The van der Waals surface area contributed by atoms with Gasteiger partial charge < -0.3 is 4.57 Å². The largest absolute Gasteiger partial charge is 0.350 e. The lowest BCUT2D eigenvalue weighted by Crippen LogP contribution is -2.18. The van der Waals surface area contributed by atoms with E-state index in [-0.39, 0.29) is 4.90 Å². The quantitative estimate of drug-likeness (QED) is 0.590. The second-order valence-corrected chi connectivity index (χ2v) is 6.68. The summed E-state index contributed by atoms with van der Waals surface area (Å²) < 4.78 is 38.9. The van der Waals surface area contributed by atoms with Crippen molar-refractivity contribution in [1.82, 2.24) is 9.40 Å². The first kappa shape index (κ1) is 15.2. The van der Waals surface area contributed by atoms with E-state index < -0.39 is 15.8 Å². The minimum absolute atomic E-state index is 0.0473. The molecule has 0 fully saturated rings. The topological polar surface area (TPSA) is 63.5 Å². The van der Waals surface area contributed by atoms with Gasteiger partial charge in [0.05, 0.1) is 11.1 Å². The van der Waals surface area contributed by atoms with Gasteiger partial charge in [-0.15, -0.1) is 0 Å². The highest BCUT2D eigenvalue weighted by atomic mass is 32.2. The zero-order valence-corrected chi connectivity index (χ0v) is 13.1. The number of nitrogens with one attached hydrogen (secondary N) is 1. The third-order valence-corrected chi connectivity index (χ3v) is 4.67. The number of benzene rings is 2. The van der Waals surface area contributed by atoms with Crippen molar-refractivity contribution in [1.29, 1.82) is 0 Å². The van der Waals surface area contributed by atoms with Crippen molar-refractivity contribution in [2.75, 3.05) is 0 Å². The molecule has 0 amide bonds. The lowest BCUT2D eigenvalue weighted by atomic mass is 10.2. The fourth-order valence-electron chi connectivity index (χ4n) is 2.31. The van der Waals surface area contributed by atoms with E-state index in [9.17, 15) is 12.8 Å². The molecule has 0 aliphatic rings. The number of hydrogen-bond acceptors (Lipinski definition) is 3. The van der Waals surface area contributed by atoms with Crippen LogP contribution in [-0.2, 0) is 17.1 Å². The van der Waals surface area contributed by atoms with Crippen LogP contribution in [-0.4, -0.2) is 19.2 Å². The van der Waals surface area contributed by atoms with Crippen molar-refractivity contribution >= 4 is 27.1 Å². The molecule has 0 bridgehead atoms. The Kier molecular flexibility index (Phi) is 3.87. The van der Waals surface area contributed by atoms with E-state index in [0.29, 0.717) is 0 Å². The van der Waals surface area contributed by atoms with Crippen molar-refractivity contribution in [3.8, 4) is 0 Å². The summed E-state index contributed by atoms with van der Waals surface area (Å²) in [6.07, 6.45) is 3.31. The van der Waals surface area contributed by atoms with E-state index in [2.05, 4.69) is 9.93 Å². The number of fused-ring (bicyclic) bond motifs is 1. The highest BCUT2D eigenvalue weighted by Crippen LogP contribution is 2.18. The first-order valence-corrected chi connectivity index (χ1v) is 8.30. The van der Waals surface area contributed by atoms with Crippen LogP contribution in [0.15, 0.2) is 64.7 Å². The number of hydrazone groups is 1. The average molecular weight is 331 g/mol. The first-order chi connectivity index (χ1) is 11.0. The number of aromatic nitrogens is 1. The second kappa shape index (κ2) is 5.85. The van der Waals surface area contributed by atoms with Crippen molar-refractivity contribution < 1.29 is 12.8 Å². The number of sulfonamides is 1. The molecule has 1 N–H and O–H groups in total. The van der Waals surface area contributed by atoms with Crippen LogP contribution in [0.5, 0.6) is 0 Å². The molecule has 0 unspecified atom stereocenters. The molecule has 0 radical (unpaired) electrons. The molecule has 0 atom stereocenters. The van der Waals surface area contributed by atoms with Gasteiger partial charge in [0.1, 0.15) is 5.82 Å². The van der Waals surface area contributed by atoms with Gasteiger partial charge in [-0.25, -0.2) is 9.22 Å². The number of aryl methyl sites for hydroxylation is 1. The molecule has 118 valence electrons. The summed E-state index contributed by atoms with van der Waals surface area (Å²) in [6.45, 7) is 0. The maximum atomic E-state index is 12.9. The third kappa shape index (κ3) is 3.09. The first-order valence-electron chi connectivity index (χ1n) is 6.82. The zero-order valence-electron chi connectivity index (χ0n) is 12.3. The van der Waals surface area contributed by atoms with Crippen LogP contribution < -0.4 is 4.83 Å². The molecule has 1 heterocycles. The summed E-state index contributed by atoms with van der Waals surface area (Å²) in [7, 11) is -1.91. The normalized spacial score (nSPS) is 12.1. The van der Waals surface area contributed by atoms with E-state index in [1.807, 2.05) is 42.1 Å². The SMILES string of the molecule is Cn1cc(/C=N/NS(=O)(=O)c2ccc(F)cc2)c2ccccc21. The Bertz CT molecular complexity index is 976. The molecule has 3 aromatic rings. The summed E-state index contributed by atoms with van der Waals surface area (Å²) in [4.78, 5) is 2.08. The Hall–Kier alpha value is -2.67. The van der Waals surface area contributed by atoms with E-state index in [1.165, 1.54) is 18.3 Å². The molecule has 0 spiro atoms. The second-order valence-electron chi connectivity index (χ2n) is 5.02. The molecule has 0 aliphatic heterocycles. The van der Waals surface area contributed by atoms with Crippen molar-refractivity contribution in [3.63, 3.8) is 0 Å². The average Bonchev–Trinajstić information content (AvgIpc) is 2.85. The van der Waals surface area contributed by atoms with Gasteiger partial charge in [-0.3, -0.25) is 0 Å². The van der Waals surface area contributed by atoms with Crippen LogP contribution >= 0.6 is 0 Å². The molecule has 7 heteroatoms. The fraction of sp³-hybridized carbons (Fsp3) is 0.0625. The van der Waals surface area contributed by atoms with Crippen LogP contribution in [0.1, 0.15) is 5.56 Å². The summed E-state index contributed by atoms with van der Waals surface area (Å²) in [5.74, 6) is -0.497. The zero-order chi connectivity index (χ0) is 16.4. The van der Waals surface area contributed by atoms with Crippen LogP contribution in [0, 0.1) is 5.82 Å². The van der Waals surface area contributed by atoms with Crippen LogP contribution in [0.2, 0.25) is 0 Å². The standard InChI is InChI=1S/C16H14FN3O2S/c1-20-11-12(15-4-2-3-5-16(15)20)10-18-19-23(21,22)14-8-6-13(17)7-9-14/h2-11,19H,1H3/b18-10+. The Morgan fingerprint density at radius 3 is 2.57 bits per heavy atom. The minimum Gasteiger partial charge on any atom is -0.350 e. The number of rotatable bonds is 4. The number of para-hydroxylation sites is 1. The summed E-state index contributed by atoms with van der Waals surface area (Å²) in [5, 5.41) is 4.78. The molecule has 0 aliphatic carbocycles. The van der Waals surface area contributed by atoms with Crippen molar-refractivity contribution in [3.05, 3.63) is 66.1 Å². The molecule has 23 heavy (non-hydrogen) atoms. The lowest BCUT2D eigenvalue weighted by molar-refractivity contribution is 0.583. The van der Waals surface area contributed by atoms with Gasteiger partial charge in [-0.1, -0.05) is 18.2 Å². The Morgan fingerprint density at radius 1 is 1.13 bits per heavy atom. The highest BCUT2D eigenvalue weighted by molar-refractivity contribution is 7.89. The number of nitrogens with zero attached hydrogens (tertiary/aromatic N) is 2. The van der Waals surface area contributed by atoms with Crippen molar-refractivity contribution in [2.24, 2.45) is 12.1 Å². The van der Waals surface area contributed by atoms with Crippen molar-refractivity contribution in [2.45, 2.75) is 4.90 Å².